The van der Waals surface area contributed by atoms with E-state index in [4.69, 9.17) is 10.5 Å². The Bertz CT molecular complexity index is 666. The van der Waals surface area contributed by atoms with Crippen LogP contribution >= 0.6 is 11.3 Å². The molecule has 0 amide bonds. The van der Waals surface area contributed by atoms with Crippen molar-refractivity contribution in [1.82, 2.24) is 0 Å². The van der Waals surface area contributed by atoms with Crippen LogP contribution < -0.4 is 5.43 Å². The number of thiophene rings is 1. The smallest absolute Gasteiger partial charge is 0.369 e. The molecule has 0 aliphatic heterocycles. The molecule has 0 spiro atoms. The molecule has 0 saturated carbocycles. The maximum Gasteiger partial charge on any atom is 0.369 e. The third kappa shape index (κ3) is 3.78. The number of ether oxygens (including phenoxy) is 2. The molecule has 0 radical (unpaired) electrons. The van der Waals surface area contributed by atoms with Crippen LogP contribution in [0.3, 0.4) is 0 Å². The molecule has 1 aromatic rings. The molecule has 108 valence electrons. The average molecular weight is 306 g/mol. The Morgan fingerprint density at radius 2 is 2.19 bits per heavy atom. The Morgan fingerprint density at radius 1 is 1.48 bits per heavy atom. The quantitative estimate of drug-likeness (QED) is 0.493. The number of methoxy groups -OCH3 is 1. The highest BCUT2D eigenvalue weighted by atomic mass is 32.1. The van der Waals surface area contributed by atoms with Crippen LogP contribution in [0.2, 0.25) is 0 Å². The summed E-state index contributed by atoms with van der Waals surface area (Å²) in [6.45, 7) is 1.68. The van der Waals surface area contributed by atoms with E-state index >= 15 is 0 Å². The molecule has 0 aromatic carbocycles. The topological polar surface area (TPSA) is 125 Å². The highest BCUT2D eigenvalue weighted by molar-refractivity contribution is 7.12. The molecule has 9 heteroatoms. The van der Waals surface area contributed by atoms with Crippen molar-refractivity contribution in [1.29, 1.82) is 10.5 Å². The number of anilines is 1. The molecule has 1 N–H and O–H groups in total. The minimum atomic E-state index is -0.902. The van der Waals surface area contributed by atoms with Gasteiger partial charge in [-0.1, -0.05) is 0 Å². The first-order chi connectivity index (χ1) is 10.1. The molecule has 0 bridgehead atoms. The summed E-state index contributed by atoms with van der Waals surface area (Å²) in [7, 11) is 1.19. The lowest BCUT2D eigenvalue weighted by molar-refractivity contribution is -0.134. The van der Waals surface area contributed by atoms with Crippen LogP contribution in [0.25, 0.3) is 0 Å². The van der Waals surface area contributed by atoms with Crippen molar-refractivity contribution in [3.05, 3.63) is 15.8 Å². The van der Waals surface area contributed by atoms with Crippen LogP contribution in [-0.2, 0) is 14.3 Å². The second kappa shape index (κ2) is 7.62. The number of rotatable bonds is 5. The largest absolute Gasteiger partial charge is 0.465 e. The lowest BCUT2D eigenvalue weighted by atomic mass is 10.3. The molecule has 0 saturated heterocycles. The van der Waals surface area contributed by atoms with E-state index in [2.05, 4.69) is 20.0 Å². The highest BCUT2D eigenvalue weighted by Gasteiger charge is 2.19. The van der Waals surface area contributed by atoms with Crippen LogP contribution in [-0.4, -0.2) is 31.4 Å². The van der Waals surface area contributed by atoms with Crippen molar-refractivity contribution >= 4 is 34.7 Å². The van der Waals surface area contributed by atoms with Crippen molar-refractivity contribution in [2.45, 2.75) is 6.92 Å². The molecular weight excluding hydrogens is 296 g/mol. The third-order valence-electron chi connectivity index (χ3n) is 2.14. The van der Waals surface area contributed by atoms with Gasteiger partial charge in [-0.15, -0.1) is 11.3 Å². The maximum absolute atomic E-state index is 11.5. The maximum atomic E-state index is 11.5. The molecule has 1 aromatic heterocycles. The molecular formula is C12H10N4O4S. The van der Waals surface area contributed by atoms with Crippen molar-refractivity contribution in [3.63, 3.8) is 0 Å². The lowest BCUT2D eigenvalue weighted by Crippen LogP contribution is -2.17. The Morgan fingerprint density at radius 3 is 2.71 bits per heavy atom. The number of nitrogens with zero attached hydrogens (tertiary/aromatic N) is 3. The zero-order chi connectivity index (χ0) is 15.8. The van der Waals surface area contributed by atoms with E-state index in [0.717, 1.165) is 11.3 Å². The normalized spacial score (nSPS) is 10.2. The van der Waals surface area contributed by atoms with Gasteiger partial charge in [0, 0.05) is 5.38 Å². The van der Waals surface area contributed by atoms with Gasteiger partial charge in [0.1, 0.15) is 17.0 Å². The molecule has 8 nitrogen and oxygen atoms in total. The van der Waals surface area contributed by atoms with Crippen LogP contribution in [0.4, 0.5) is 5.69 Å². The Hall–Kier alpha value is -2.91. The highest BCUT2D eigenvalue weighted by Crippen LogP contribution is 2.28. The average Bonchev–Trinajstić information content (AvgIpc) is 2.90. The van der Waals surface area contributed by atoms with Crippen molar-refractivity contribution in [2.24, 2.45) is 5.10 Å². The van der Waals surface area contributed by atoms with Gasteiger partial charge in [-0.3, -0.25) is 5.43 Å². The van der Waals surface area contributed by atoms with E-state index in [0.29, 0.717) is 0 Å². The number of esters is 2. The summed E-state index contributed by atoms with van der Waals surface area (Å²) in [4.78, 5) is 23.1. The minimum absolute atomic E-state index is 0.0754. The number of carbonyl (C=O) groups excluding carboxylic acids is 2. The van der Waals surface area contributed by atoms with E-state index in [9.17, 15) is 9.59 Å². The van der Waals surface area contributed by atoms with Gasteiger partial charge in [-0.25, -0.2) is 9.59 Å². The SMILES string of the molecule is CCOC(=O)/C(C#N)=N/Nc1c(C#N)csc1C(=O)OC. The van der Waals surface area contributed by atoms with Crippen molar-refractivity contribution in [3.8, 4) is 12.1 Å². The number of hydrazone groups is 1. The van der Waals surface area contributed by atoms with Crippen molar-refractivity contribution in [2.75, 3.05) is 19.1 Å². The number of carbonyl (C=O) groups is 2. The first-order valence-electron chi connectivity index (χ1n) is 5.59. The van der Waals surface area contributed by atoms with Crippen LogP contribution in [0.5, 0.6) is 0 Å². The zero-order valence-corrected chi connectivity index (χ0v) is 12.0. The lowest BCUT2D eigenvalue weighted by Gasteiger charge is -2.03. The Labute approximate surface area is 124 Å². The Balaban J connectivity index is 3.10. The van der Waals surface area contributed by atoms with Crippen LogP contribution in [0.1, 0.15) is 22.2 Å². The second-order valence-electron chi connectivity index (χ2n) is 3.36. The number of nitrogens with one attached hydrogen (secondary N) is 1. The first-order valence-corrected chi connectivity index (χ1v) is 6.47. The van der Waals surface area contributed by atoms with Gasteiger partial charge >= 0.3 is 11.9 Å². The summed E-state index contributed by atoms with van der Waals surface area (Å²) in [5.41, 5.74) is 2.06. The fraction of sp³-hybridized carbons (Fsp3) is 0.250. The van der Waals surface area contributed by atoms with Crippen molar-refractivity contribution < 1.29 is 19.1 Å². The molecule has 0 unspecified atom stereocenters. The van der Waals surface area contributed by atoms with Gasteiger partial charge in [-0.05, 0) is 6.92 Å². The van der Waals surface area contributed by atoms with Gasteiger partial charge in [0.2, 0.25) is 5.71 Å². The standard InChI is InChI=1S/C12H10N4O4S/c1-3-20-11(17)8(5-14)15-16-9-7(4-13)6-21-10(9)12(18)19-2/h6,16H,3H2,1-2H3/b15-8+. The summed E-state index contributed by atoms with van der Waals surface area (Å²) in [5, 5.41) is 22.8. The predicted octanol–water partition coefficient (Wildman–Crippen LogP) is 1.26. The molecule has 0 atom stereocenters. The van der Waals surface area contributed by atoms with Crippen LogP contribution in [0, 0.1) is 22.7 Å². The van der Waals surface area contributed by atoms with Gasteiger partial charge in [0.05, 0.1) is 25.0 Å². The monoisotopic (exact) mass is 306 g/mol. The molecule has 0 fully saturated rings. The van der Waals surface area contributed by atoms with Gasteiger partial charge in [0.25, 0.3) is 0 Å². The summed E-state index contributed by atoms with van der Waals surface area (Å²) in [6.07, 6.45) is 0. The summed E-state index contributed by atoms with van der Waals surface area (Å²) >= 11 is 0.983. The Kier molecular flexibility index (Phi) is 5.86. The van der Waals surface area contributed by atoms with Gasteiger partial charge < -0.3 is 9.47 Å². The van der Waals surface area contributed by atoms with E-state index < -0.39 is 17.7 Å². The van der Waals surface area contributed by atoms with E-state index in [1.165, 1.54) is 12.5 Å². The summed E-state index contributed by atoms with van der Waals surface area (Å²) in [5.74, 6) is -1.56. The fourth-order valence-electron chi connectivity index (χ4n) is 1.22. The molecule has 0 aliphatic rings. The van der Waals surface area contributed by atoms with Gasteiger partial charge in [0.15, 0.2) is 0 Å². The summed E-state index contributed by atoms with van der Waals surface area (Å²) < 4.78 is 9.20. The first kappa shape index (κ1) is 16.1. The third-order valence-corrected chi connectivity index (χ3v) is 3.10. The summed E-state index contributed by atoms with van der Waals surface area (Å²) in [6, 6.07) is 3.43. The zero-order valence-electron chi connectivity index (χ0n) is 11.2. The van der Waals surface area contributed by atoms with Gasteiger partial charge in [-0.2, -0.15) is 15.6 Å². The van der Waals surface area contributed by atoms with E-state index in [1.807, 2.05) is 6.07 Å². The predicted molar refractivity (Wildman–Crippen MR) is 73.7 cm³/mol. The van der Waals surface area contributed by atoms with E-state index in [1.54, 1.807) is 13.0 Å². The molecule has 0 aliphatic carbocycles. The van der Waals surface area contributed by atoms with Crippen LogP contribution in [0.15, 0.2) is 10.5 Å². The fourth-order valence-corrected chi connectivity index (χ4v) is 2.08. The molecule has 1 heterocycles. The van der Waals surface area contributed by atoms with E-state index in [-0.39, 0.29) is 22.7 Å². The number of nitriles is 2. The second-order valence-corrected chi connectivity index (χ2v) is 4.24. The number of hydrogen-bond donors (Lipinski definition) is 1. The minimum Gasteiger partial charge on any atom is -0.465 e. The molecule has 1 rings (SSSR count). The molecule has 21 heavy (non-hydrogen) atoms. The number of hydrogen-bond acceptors (Lipinski definition) is 9.